The lowest BCUT2D eigenvalue weighted by molar-refractivity contribution is -0.137. The SMILES string of the molecule is CC1=CCC[C@@]2(C)[C@@H](CC[C@@]2(O)CN2CCC(Cc3ccccc3)CC2)c2ccc(cc2C(=O)c2ccc(-c3cc(C(F)(F)F)ccc3Cl)o2)C[C@@H](O)CC1. The summed E-state index contributed by atoms with van der Waals surface area (Å²) in [4.78, 5) is 17.0. The average Bonchev–Trinajstić information content (AvgIpc) is 3.74. The van der Waals surface area contributed by atoms with E-state index in [4.69, 9.17) is 16.0 Å². The van der Waals surface area contributed by atoms with Gasteiger partial charge in [-0.1, -0.05) is 72.6 Å². The number of carbonyl (C=O) groups is 1. The van der Waals surface area contributed by atoms with Crippen LogP contribution in [0.15, 0.2) is 94.9 Å². The first-order chi connectivity index (χ1) is 26.2. The van der Waals surface area contributed by atoms with Crippen LogP contribution in [0.3, 0.4) is 0 Å². The molecule has 8 rings (SSSR count). The molecule has 1 aliphatic heterocycles. The van der Waals surface area contributed by atoms with Crippen molar-refractivity contribution in [3.05, 3.63) is 129 Å². The van der Waals surface area contributed by atoms with Gasteiger partial charge in [0.15, 0.2) is 5.76 Å². The monoisotopic (exact) mass is 773 g/mol. The fourth-order valence-electron chi connectivity index (χ4n) is 9.49. The van der Waals surface area contributed by atoms with Crippen LogP contribution in [-0.4, -0.2) is 52.2 Å². The third-order valence-corrected chi connectivity index (χ3v) is 13.2. The van der Waals surface area contributed by atoms with E-state index in [1.807, 2.05) is 18.2 Å². The number of hydrogen-bond donors (Lipinski definition) is 2. The Morgan fingerprint density at radius 3 is 2.47 bits per heavy atom. The highest BCUT2D eigenvalue weighted by Crippen LogP contribution is 2.59. The highest BCUT2D eigenvalue weighted by atomic mass is 35.5. The maximum atomic E-state index is 14.6. The normalized spacial score (nSPS) is 25.7. The van der Waals surface area contributed by atoms with Crippen molar-refractivity contribution >= 4 is 17.4 Å². The summed E-state index contributed by atoms with van der Waals surface area (Å²) in [6, 6.07) is 22.4. The van der Waals surface area contributed by atoms with E-state index in [0.717, 1.165) is 68.5 Å². The summed E-state index contributed by atoms with van der Waals surface area (Å²) >= 11 is 6.34. The zero-order valence-corrected chi connectivity index (χ0v) is 32.4. The second-order valence-corrected chi connectivity index (χ2v) is 16.9. The molecule has 3 aliphatic carbocycles. The highest BCUT2D eigenvalue weighted by molar-refractivity contribution is 6.33. The van der Waals surface area contributed by atoms with E-state index in [9.17, 15) is 28.2 Å². The number of halogens is 4. The first-order valence-corrected chi connectivity index (χ1v) is 20.1. The van der Waals surface area contributed by atoms with Gasteiger partial charge in [-0.2, -0.15) is 13.2 Å². The Kier molecular flexibility index (Phi) is 11.5. The molecule has 0 radical (unpaired) electrons. The average molecular weight is 774 g/mol. The number of ketones is 1. The first-order valence-electron chi connectivity index (χ1n) is 19.7. The molecule has 1 saturated heterocycles. The molecule has 55 heavy (non-hydrogen) atoms. The number of hydrogen-bond acceptors (Lipinski definition) is 5. The van der Waals surface area contributed by atoms with Crippen LogP contribution in [0, 0.1) is 11.3 Å². The molecule has 0 unspecified atom stereocenters. The minimum Gasteiger partial charge on any atom is -0.453 e. The van der Waals surface area contributed by atoms with Crippen LogP contribution in [0.4, 0.5) is 13.2 Å². The van der Waals surface area contributed by atoms with E-state index in [2.05, 4.69) is 55.2 Å². The van der Waals surface area contributed by atoms with Crippen LogP contribution in [0.2, 0.25) is 5.02 Å². The Balaban J connectivity index is 1.20. The van der Waals surface area contributed by atoms with Gasteiger partial charge >= 0.3 is 6.18 Å². The summed E-state index contributed by atoms with van der Waals surface area (Å²) < 4.78 is 46.8. The van der Waals surface area contributed by atoms with Gasteiger partial charge in [0.2, 0.25) is 5.78 Å². The Morgan fingerprint density at radius 1 is 0.964 bits per heavy atom. The summed E-state index contributed by atoms with van der Waals surface area (Å²) in [7, 11) is 0. The fraction of sp³-hybridized carbons (Fsp3) is 0.457. The van der Waals surface area contributed by atoms with E-state index in [0.29, 0.717) is 50.1 Å². The van der Waals surface area contributed by atoms with Crippen molar-refractivity contribution in [2.45, 2.75) is 102 Å². The number of likely N-dealkylation sites (tertiary alicyclic amines) is 1. The van der Waals surface area contributed by atoms with Gasteiger partial charge < -0.3 is 19.5 Å². The van der Waals surface area contributed by atoms with Gasteiger partial charge in [0, 0.05) is 23.1 Å². The van der Waals surface area contributed by atoms with Crippen LogP contribution in [0.5, 0.6) is 0 Å². The second kappa shape index (κ2) is 16.0. The lowest BCUT2D eigenvalue weighted by atomic mass is 9.64. The van der Waals surface area contributed by atoms with Gasteiger partial charge in [0.25, 0.3) is 0 Å². The van der Waals surface area contributed by atoms with E-state index in [-0.39, 0.29) is 28.0 Å². The number of carbonyl (C=O) groups excluding carboxylic acids is 1. The summed E-state index contributed by atoms with van der Waals surface area (Å²) in [5.74, 6) is 0.0942. The Labute approximate surface area is 327 Å². The third-order valence-electron chi connectivity index (χ3n) is 12.9. The van der Waals surface area contributed by atoms with E-state index in [1.165, 1.54) is 29.3 Å². The van der Waals surface area contributed by atoms with Gasteiger partial charge in [0.05, 0.1) is 22.3 Å². The molecule has 1 saturated carbocycles. The molecule has 0 spiro atoms. The first kappa shape index (κ1) is 39.5. The Bertz CT molecular complexity index is 2020. The van der Waals surface area contributed by atoms with Gasteiger partial charge in [-0.3, -0.25) is 4.79 Å². The fourth-order valence-corrected chi connectivity index (χ4v) is 9.70. The lowest BCUT2D eigenvalue weighted by Gasteiger charge is -2.47. The van der Waals surface area contributed by atoms with Gasteiger partial charge in [-0.25, -0.2) is 0 Å². The number of alkyl halides is 3. The van der Waals surface area contributed by atoms with Crippen molar-refractivity contribution in [3.63, 3.8) is 0 Å². The minimum atomic E-state index is -4.58. The number of β-amino-alcohol motifs (C(OH)–C–C–N with tert-alkyl or cyclic N) is 1. The number of piperidine rings is 1. The van der Waals surface area contributed by atoms with Crippen LogP contribution in [-0.2, 0) is 19.0 Å². The summed E-state index contributed by atoms with van der Waals surface area (Å²) in [5, 5.41) is 23.9. The van der Waals surface area contributed by atoms with Crippen LogP contribution < -0.4 is 0 Å². The van der Waals surface area contributed by atoms with Gasteiger partial charge in [-0.15, -0.1) is 0 Å². The molecule has 4 aliphatic rings. The zero-order valence-electron chi connectivity index (χ0n) is 31.7. The minimum absolute atomic E-state index is 0.0181. The molecule has 2 N–H and O–H groups in total. The molecule has 2 fully saturated rings. The molecule has 2 bridgehead atoms. The predicted octanol–water partition coefficient (Wildman–Crippen LogP) is 10.8. The highest BCUT2D eigenvalue weighted by Gasteiger charge is 2.57. The topological polar surface area (TPSA) is 73.9 Å². The van der Waals surface area contributed by atoms with Gasteiger partial charge in [-0.05, 0) is 149 Å². The summed E-state index contributed by atoms with van der Waals surface area (Å²) in [6.45, 7) is 6.71. The van der Waals surface area contributed by atoms with Crippen molar-refractivity contribution < 1.29 is 32.6 Å². The number of nitrogens with zero attached hydrogens (tertiary/aromatic N) is 1. The molecule has 3 aromatic carbocycles. The number of fused-ring (bicyclic) bond motifs is 8. The maximum absolute atomic E-state index is 14.6. The lowest BCUT2D eigenvalue weighted by Crippen LogP contribution is -2.53. The standard InChI is InChI=1S/C46H51ClF3NO4/c1-30-7-6-21-44(2)39(18-22-45(44,54)29-51-23-19-32(20-24-51)25-31-8-4-3-5-9-31)36-14-11-33(26-35(52)13-10-30)27-37(36)43(53)42-17-16-41(55-42)38-28-34(46(48,49)50)12-15-40(38)47/h3-5,7-9,11-12,14-17,27-28,32,35,39,52,54H,6,10,13,18-26,29H2,1-2H3/t35-,39-,44-,45+/m0/s1. The van der Waals surface area contributed by atoms with Crippen LogP contribution in [0.25, 0.3) is 11.3 Å². The van der Waals surface area contributed by atoms with Crippen LogP contribution >= 0.6 is 11.6 Å². The third kappa shape index (κ3) is 8.53. The zero-order chi connectivity index (χ0) is 39.0. The molecule has 0 amide bonds. The van der Waals surface area contributed by atoms with E-state index >= 15 is 0 Å². The molecule has 4 aromatic rings. The molecular weight excluding hydrogens is 723 g/mol. The largest absolute Gasteiger partial charge is 0.453 e. The van der Waals surface area contributed by atoms with Crippen molar-refractivity contribution in [2.75, 3.05) is 19.6 Å². The van der Waals surface area contributed by atoms with Crippen LogP contribution in [0.1, 0.15) is 110 Å². The second-order valence-electron chi connectivity index (χ2n) is 16.5. The number of benzene rings is 3. The van der Waals surface area contributed by atoms with Crippen molar-refractivity contribution in [1.29, 1.82) is 0 Å². The van der Waals surface area contributed by atoms with Crippen molar-refractivity contribution in [2.24, 2.45) is 11.3 Å². The summed E-state index contributed by atoms with van der Waals surface area (Å²) in [5.41, 5.74) is 2.22. The number of rotatable bonds is 7. The maximum Gasteiger partial charge on any atom is 0.416 e. The molecule has 4 atom stereocenters. The van der Waals surface area contributed by atoms with Crippen molar-refractivity contribution in [3.8, 4) is 11.3 Å². The summed E-state index contributed by atoms with van der Waals surface area (Å²) in [6.07, 6.45) is 4.74. The molecule has 2 heterocycles. The van der Waals surface area contributed by atoms with E-state index < -0.39 is 34.6 Å². The molecule has 9 heteroatoms. The Hall–Kier alpha value is -3.69. The smallest absolute Gasteiger partial charge is 0.416 e. The number of aliphatic hydroxyl groups is 2. The number of allylic oxidation sites excluding steroid dienone is 2. The Morgan fingerprint density at radius 2 is 1.73 bits per heavy atom. The molecule has 1 aromatic heterocycles. The predicted molar refractivity (Wildman–Crippen MR) is 210 cm³/mol. The van der Waals surface area contributed by atoms with E-state index in [1.54, 1.807) is 0 Å². The molecule has 5 nitrogen and oxygen atoms in total. The number of aliphatic hydroxyl groups excluding tert-OH is 1. The van der Waals surface area contributed by atoms with Crippen molar-refractivity contribution in [1.82, 2.24) is 4.90 Å². The van der Waals surface area contributed by atoms with Gasteiger partial charge in [0.1, 0.15) is 5.76 Å². The molecule has 292 valence electrons. The quantitative estimate of drug-likeness (QED) is 0.145. The molecular formula is C46H51ClF3NO4. The number of furan rings is 1.